The summed E-state index contributed by atoms with van der Waals surface area (Å²) in [6.07, 6.45) is 3.37. The van der Waals surface area contributed by atoms with E-state index in [1.54, 1.807) is 18.2 Å². The molecular weight excluding hydrogens is 292 g/mol. The van der Waals surface area contributed by atoms with Crippen LogP contribution >= 0.6 is 11.8 Å². The number of carbonyl (C=O) groups is 1. The van der Waals surface area contributed by atoms with E-state index in [0.717, 1.165) is 4.90 Å². The molecule has 106 valence electrons. The first kappa shape index (κ1) is 13.4. The molecule has 3 rings (SSSR count). The van der Waals surface area contributed by atoms with Gasteiger partial charge in [-0.15, -0.1) is 16.9 Å². The van der Waals surface area contributed by atoms with Crippen molar-refractivity contribution in [2.24, 2.45) is 0 Å². The third-order valence-electron chi connectivity index (χ3n) is 2.65. The molecule has 1 N–H and O–H groups in total. The van der Waals surface area contributed by atoms with Gasteiger partial charge in [0, 0.05) is 11.0 Å². The van der Waals surface area contributed by atoms with E-state index in [9.17, 15) is 4.79 Å². The lowest BCUT2D eigenvalue weighted by molar-refractivity contribution is 0.102. The Morgan fingerprint density at radius 3 is 2.86 bits per heavy atom. The van der Waals surface area contributed by atoms with Gasteiger partial charge in [0.2, 0.25) is 5.76 Å². The van der Waals surface area contributed by atoms with Crippen LogP contribution in [-0.4, -0.2) is 27.5 Å². The number of rotatable bonds is 4. The second-order valence-corrected chi connectivity index (χ2v) is 4.79. The monoisotopic (exact) mass is 302 g/mol. The smallest absolute Gasteiger partial charge is 0.322 e. The SMILES string of the molecule is CSc1ccccc1C(=O)Nc1nnc(-c2ccno2)o1. The lowest BCUT2D eigenvalue weighted by Crippen LogP contribution is -2.13. The van der Waals surface area contributed by atoms with Crippen molar-refractivity contribution in [2.45, 2.75) is 4.90 Å². The molecule has 2 heterocycles. The minimum Gasteiger partial charge on any atom is -0.400 e. The minimum absolute atomic E-state index is 0.00214. The first-order valence-electron chi connectivity index (χ1n) is 5.97. The Bertz CT molecular complexity index is 754. The second kappa shape index (κ2) is 5.80. The van der Waals surface area contributed by atoms with Crippen LogP contribution < -0.4 is 5.32 Å². The number of thioether (sulfide) groups is 1. The molecule has 3 aromatic rings. The maximum atomic E-state index is 12.2. The van der Waals surface area contributed by atoms with Crippen molar-refractivity contribution in [3.63, 3.8) is 0 Å². The zero-order chi connectivity index (χ0) is 14.7. The van der Waals surface area contributed by atoms with Gasteiger partial charge in [0.25, 0.3) is 11.8 Å². The van der Waals surface area contributed by atoms with Crippen molar-refractivity contribution in [2.75, 3.05) is 11.6 Å². The summed E-state index contributed by atoms with van der Waals surface area (Å²) in [4.78, 5) is 13.1. The summed E-state index contributed by atoms with van der Waals surface area (Å²) in [7, 11) is 0. The van der Waals surface area contributed by atoms with Crippen LogP contribution in [0.25, 0.3) is 11.7 Å². The van der Waals surface area contributed by atoms with E-state index < -0.39 is 0 Å². The normalized spacial score (nSPS) is 10.5. The van der Waals surface area contributed by atoms with E-state index in [-0.39, 0.29) is 17.8 Å². The van der Waals surface area contributed by atoms with Gasteiger partial charge in [0.15, 0.2) is 0 Å². The second-order valence-electron chi connectivity index (χ2n) is 3.94. The lowest BCUT2D eigenvalue weighted by Gasteiger charge is -2.05. The quantitative estimate of drug-likeness (QED) is 0.740. The van der Waals surface area contributed by atoms with Crippen molar-refractivity contribution in [1.29, 1.82) is 0 Å². The van der Waals surface area contributed by atoms with Gasteiger partial charge >= 0.3 is 6.01 Å². The van der Waals surface area contributed by atoms with Crippen LogP contribution in [0.3, 0.4) is 0 Å². The van der Waals surface area contributed by atoms with Gasteiger partial charge in [-0.05, 0) is 18.4 Å². The standard InChI is InChI=1S/C13H10N4O3S/c1-21-10-5-3-2-4-8(10)11(18)15-13-17-16-12(19-13)9-6-7-14-20-9/h2-7H,1H3,(H,15,17,18). The molecular formula is C13H10N4O3S. The fraction of sp³-hybridized carbons (Fsp3) is 0.0769. The van der Waals surface area contributed by atoms with E-state index >= 15 is 0 Å². The molecule has 0 aliphatic carbocycles. The molecule has 0 spiro atoms. The van der Waals surface area contributed by atoms with Crippen LogP contribution in [0.5, 0.6) is 0 Å². The molecule has 21 heavy (non-hydrogen) atoms. The van der Waals surface area contributed by atoms with Gasteiger partial charge in [-0.3, -0.25) is 10.1 Å². The summed E-state index contributed by atoms with van der Waals surface area (Å²) in [6, 6.07) is 8.85. The van der Waals surface area contributed by atoms with Crippen molar-refractivity contribution in [3.8, 4) is 11.7 Å². The van der Waals surface area contributed by atoms with Crippen LogP contribution in [0.2, 0.25) is 0 Å². The minimum atomic E-state index is -0.312. The highest BCUT2D eigenvalue weighted by atomic mass is 32.2. The van der Waals surface area contributed by atoms with Gasteiger partial charge in [-0.25, -0.2) is 0 Å². The highest BCUT2D eigenvalue weighted by molar-refractivity contribution is 7.98. The maximum absolute atomic E-state index is 12.2. The topological polar surface area (TPSA) is 94.1 Å². The molecule has 0 bridgehead atoms. The lowest BCUT2D eigenvalue weighted by atomic mass is 10.2. The van der Waals surface area contributed by atoms with Gasteiger partial charge in [0.05, 0.1) is 11.8 Å². The first-order chi connectivity index (χ1) is 10.3. The fourth-order valence-electron chi connectivity index (χ4n) is 1.70. The maximum Gasteiger partial charge on any atom is 0.322 e. The van der Waals surface area contributed by atoms with E-state index in [1.165, 1.54) is 18.0 Å². The number of benzene rings is 1. The fourth-order valence-corrected chi connectivity index (χ4v) is 2.29. The summed E-state index contributed by atoms with van der Waals surface area (Å²) >= 11 is 1.49. The molecule has 1 amide bonds. The van der Waals surface area contributed by atoms with Crippen molar-refractivity contribution < 1.29 is 13.7 Å². The largest absolute Gasteiger partial charge is 0.400 e. The summed E-state index contributed by atoms with van der Waals surface area (Å²) in [5.41, 5.74) is 0.546. The first-order valence-corrected chi connectivity index (χ1v) is 7.19. The van der Waals surface area contributed by atoms with Gasteiger partial charge < -0.3 is 8.94 Å². The average molecular weight is 302 g/mol. The Hall–Kier alpha value is -2.61. The van der Waals surface area contributed by atoms with E-state index in [2.05, 4.69) is 20.7 Å². The Balaban J connectivity index is 1.79. The predicted molar refractivity (Wildman–Crippen MR) is 76.0 cm³/mol. The number of carbonyl (C=O) groups excluding carboxylic acids is 1. The van der Waals surface area contributed by atoms with Crippen LogP contribution in [0.1, 0.15) is 10.4 Å². The van der Waals surface area contributed by atoms with Crippen LogP contribution in [0, 0.1) is 0 Å². The van der Waals surface area contributed by atoms with Crippen LogP contribution in [0.15, 0.2) is 50.4 Å². The van der Waals surface area contributed by atoms with Gasteiger partial charge in [-0.2, -0.15) is 0 Å². The number of nitrogens with one attached hydrogen (secondary N) is 1. The molecule has 0 fully saturated rings. The number of nitrogens with zero attached hydrogens (tertiary/aromatic N) is 3. The van der Waals surface area contributed by atoms with Crippen molar-refractivity contribution in [1.82, 2.24) is 15.4 Å². The third kappa shape index (κ3) is 2.79. The molecule has 2 aromatic heterocycles. The number of amides is 1. The molecule has 1 aromatic carbocycles. The molecule has 0 aliphatic heterocycles. The Labute approximate surface area is 123 Å². The summed E-state index contributed by atoms with van der Waals surface area (Å²) < 4.78 is 10.2. The average Bonchev–Trinajstić information content (AvgIpc) is 3.17. The Morgan fingerprint density at radius 2 is 2.10 bits per heavy atom. The Morgan fingerprint density at radius 1 is 1.24 bits per heavy atom. The number of hydrogen-bond acceptors (Lipinski definition) is 7. The van der Waals surface area contributed by atoms with Crippen LogP contribution in [-0.2, 0) is 0 Å². The van der Waals surface area contributed by atoms with Crippen molar-refractivity contribution >= 4 is 23.7 Å². The van der Waals surface area contributed by atoms with Gasteiger partial charge in [0.1, 0.15) is 0 Å². The summed E-state index contributed by atoms with van der Waals surface area (Å²) in [5.74, 6) is 0.182. The number of aromatic nitrogens is 3. The van der Waals surface area contributed by atoms with Crippen molar-refractivity contribution in [3.05, 3.63) is 42.1 Å². The summed E-state index contributed by atoms with van der Waals surface area (Å²) in [5, 5.41) is 13.6. The van der Waals surface area contributed by atoms with Crippen LogP contribution in [0.4, 0.5) is 6.01 Å². The molecule has 0 unspecified atom stereocenters. The Kier molecular flexibility index (Phi) is 3.69. The molecule has 8 heteroatoms. The molecule has 0 saturated carbocycles. The van der Waals surface area contributed by atoms with E-state index in [0.29, 0.717) is 11.3 Å². The molecule has 0 saturated heterocycles. The number of anilines is 1. The molecule has 0 atom stereocenters. The molecule has 0 aliphatic rings. The molecule has 7 nitrogen and oxygen atoms in total. The highest BCUT2D eigenvalue weighted by Crippen LogP contribution is 2.22. The highest BCUT2D eigenvalue weighted by Gasteiger charge is 2.16. The zero-order valence-corrected chi connectivity index (χ0v) is 11.8. The molecule has 0 radical (unpaired) electrons. The number of hydrogen-bond donors (Lipinski definition) is 1. The van der Waals surface area contributed by atoms with E-state index in [1.807, 2.05) is 18.4 Å². The predicted octanol–water partition coefficient (Wildman–Crippen LogP) is 2.70. The third-order valence-corrected chi connectivity index (χ3v) is 3.44. The van der Waals surface area contributed by atoms with E-state index in [4.69, 9.17) is 8.94 Å². The zero-order valence-electron chi connectivity index (χ0n) is 10.9. The summed E-state index contributed by atoms with van der Waals surface area (Å²) in [6.45, 7) is 0. The van der Waals surface area contributed by atoms with Gasteiger partial charge in [-0.1, -0.05) is 22.4 Å².